The fourth-order valence-corrected chi connectivity index (χ4v) is 4.07. The molecule has 0 saturated heterocycles. The van der Waals surface area contributed by atoms with E-state index < -0.39 is 0 Å². The largest absolute Gasteiger partial charge is 0.356 e. The van der Waals surface area contributed by atoms with Crippen molar-refractivity contribution in [3.8, 4) is 0 Å². The highest BCUT2D eigenvalue weighted by Crippen LogP contribution is 2.38. The average molecular weight is 388 g/mol. The third-order valence-corrected chi connectivity index (χ3v) is 5.72. The van der Waals surface area contributed by atoms with Gasteiger partial charge in [-0.15, -0.1) is 0 Å². The van der Waals surface area contributed by atoms with Gasteiger partial charge in [-0.05, 0) is 55.2 Å². The number of carbonyl (C=O) groups excluding carboxylic acids is 2. The van der Waals surface area contributed by atoms with Crippen LogP contribution in [0.2, 0.25) is 0 Å². The van der Waals surface area contributed by atoms with Crippen LogP contribution in [0.15, 0.2) is 24.3 Å². The number of nitrogens with one attached hydrogen (secondary N) is 3. The minimum atomic E-state index is -0.0769. The number of amides is 2. The van der Waals surface area contributed by atoms with Gasteiger partial charge >= 0.3 is 0 Å². The summed E-state index contributed by atoms with van der Waals surface area (Å²) in [5, 5.41) is 9.76. The summed E-state index contributed by atoms with van der Waals surface area (Å²) in [6, 6.07) is 9.21. The highest BCUT2D eigenvalue weighted by Gasteiger charge is 2.37. The Bertz CT molecular complexity index is 671. The van der Waals surface area contributed by atoms with Gasteiger partial charge in [0.15, 0.2) is 0 Å². The summed E-state index contributed by atoms with van der Waals surface area (Å²) in [6.45, 7) is 11.4. The van der Waals surface area contributed by atoms with Gasteiger partial charge in [-0.1, -0.05) is 45.0 Å². The van der Waals surface area contributed by atoms with Gasteiger partial charge in [-0.3, -0.25) is 9.59 Å². The van der Waals surface area contributed by atoms with Crippen LogP contribution in [0.25, 0.3) is 0 Å². The average Bonchev–Trinajstić information content (AvgIpc) is 2.62. The maximum Gasteiger partial charge on any atom is 0.217 e. The molecule has 0 aromatic heterocycles. The third-order valence-electron chi connectivity index (χ3n) is 5.72. The lowest BCUT2D eigenvalue weighted by Gasteiger charge is -2.42. The molecule has 3 N–H and O–H groups in total. The van der Waals surface area contributed by atoms with Crippen molar-refractivity contribution >= 4 is 11.8 Å². The Morgan fingerprint density at radius 1 is 1.07 bits per heavy atom. The van der Waals surface area contributed by atoms with E-state index in [0.717, 1.165) is 38.6 Å². The molecule has 1 aromatic rings. The number of hydrogen-bond acceptors (Lipinski definition) is 3. The molecular formula is C23H37N3O2. The zero-order valence-corrected chi connectivity index (χ0v) is 18.2. The van der Waals surface area contributed by atoms with Crippen molar-refractivity contribution in [2.24, 2.45) is 0 Å². The monoisotopic (exact) mass is 387 g/mol. The van der Waals surface area contributed by atoms with Crippen molar-refractivity contribution in [2.75, 3.05) is 13.1 Å². The minimum absolute atomic E-state index is 0.0170. The Morgan fingerprint density at radius 3 is 2.32 bits per heavy atom. The molecule has 0 aliphatic heterocycles. The van der Waals surface area contributed by atoms with E-state index >= 15 is 0 Å². The highest BCUT2D eigenvalue weighted by molar-refractivity contribution is 5.73. The molecule has 2 amide bonds. The molecular weight excluding hydrogens is 350 g/mol. The molecule has 2 rings (SSSR count). The summed E-state index contributed by atoms with van der Waals surface area (Å²) in [5.41, 5.74) is 2.71. The van der Waals surface area contributed by atoms with E-state index in [1.165, 1.54) is 11.1 Å². The molecule has 5 heteroatoms. The second-order valence-corrected chi connectivity index (χ2v) is 9.15. The van der Waals surface area contributed by atoms with E-state index in [-0.39, 0.29) is 28.8 Å². The normalized spacial score (nSPS) is 22.5. The first-order valence-electron chi connectivity index (χ1n) is 10.5. The molecule has 1 aliphatic rings. The minimum Gasteiger partial charge on any atom is -0.356 e. The Morgan fingerprint density at radius 2 is 1.75 bits per heavy atom. The maximum atomic E-state index is 11.4. The molecule has 156 valence electrons. The van der Waals surface area contributed by atoms with E-state index in [0.29, 0.717) is 6.54 Å². The van der Waals surface area contributed by atoms with Gasteiger partial charge < -0.3 is 16.0 Å². The van der Waals surface area contributed by atoms with Crippen LogP contribution in [0.3, 0.4) is 0 Å². The molecule has 0 bridgehead atoms. The van der Waals surface area contributed by atoms with Crippen LogP contribution in [0.4, 0.5) is 0 Å². The van der Waals surface area contributed by atoms with Crippen molar-refractivity contribution in [2.45, 2.75) is 83.7 Å². The van der Waals surface area contributed by atoms with Gasteiger partial charge in [-0.2, -0.15) is 0 Å². The second-order valence-electron chi connectivity index (χ2n) is 9.15. The van der Waals surface area contributed by atoms with Crippen molar-refractivity contribution in [1.29, 1.82) is 0 Å². The molecule has 0 radical (unpaired) electrons. The maximum absolute atomic E-state index is 11.4. The fourth-order valence-electron chi connectivity index (χ4n) is 4.07. The predicted octanol–water partition coefficient (Wildman–Crippen LogP) is 3.37. The van der Waals surface area contributed by atoms with E-state index in [1.54, 1.807) is 13.8 Å². The Labute approximate surface area is 170 Å². The topological polar surface area (TPSA) is 70.2 Å². The Balaban J connectivity index is 2.15. The van der Waals surface area contributed by atoms with Crippen LogP contribution in [0.1, 0.15) is 77.8 Å². The number of benzene rings is 1. The number of carbonyl (C=O) groups is 2. The molecule has 0 spiro atoms. The van der Waals surface area contributed by atoms with Crippen LogP contribution in [-0.4, -0.2) is 30.9 Å². The summed E-state index contributed by atoms with van der Waals surface area (Å²) in [5.74, 6) is 0.0684. The predicted molar refractivity (Wildman–Crippen MR) is 114 cm³/mol. The van der Waals surface area contributed by atoms with E-state index in [4.69, 9.17) is 0 Å². The van der Waals surface area contributed by atoms with Crippen LogP contribution in [0.5, 0.6) is 0 Å². The van der Waals surface area contributed by atoms with Crippen LogP contribution < -0.4 is 16.0 Å². The van der Waals surface area contributed by atoms with Gasteiger partial charge in [0.2, 0.25) is 11.8 Å². The van der Waals surface area contributed by atoms with Crippen molar-refractivity contribution in [3.63, 3.8) is 0 Å². The van der Waals surface area contributed by atoms with Crippen molar-refractivity contribution in [3.05, 3.63) is 35.4 Å². The third kappa shape index (κ3) is 6.33. The molecule has 5 nitrogen and oxygen atoms in total. The Kier molecular flexibility index (Phi) is 7.64. The first kappa shape index (κ1) is 22.4. The second kappa shape index (κ2) is 9.55. The molecule has 0 heterocycles. The van der Waals surface area contributed by atoms with Crippen molar-refractivity contribution in [1.82, 2.24) is 16.0 Å². The van der Waals surface area contributed by atoms with Gasteiger partial charge in [0.25, 0.3) is 0 Å². The van der Waals surface area contributed by atoms with E-state index in [2.05, 4.69) is 61.0 Å². The summed E-state index contributed by atoms with van der Waals surface area (Å²) in [7, 11) is 0. The molecule has 1 fully saturated rings. The van der Waals surface area contributed by atoms with Crippen LogP contribution >= 0.6 is 0 Å². The molecule has 28 heavy (non-hydrogen) atoms. The highest BCUT2D eigenvalue weighted by atomic mass is 16.2. The van der Waals surface area contributed by atoms with E-state index in [9.17, 15) is 9.59 Å². The zero-order chi connectivity index (χ0) is 20.8. The lowest BCUT2D eigenvalue weighted by molar-refractivity contribution is -0.120. The van der Waals surface area contributed by atoms with Gasteiger partial charge in [-0.25, -0.2) is 0 Å². The smallest absolute Gasteiger partial charge is 0.217 e. The molecule has 1 saturated carbocycles. The van der Waals surface area contributed by atoms with Gasteiger partial charge in [0.1, 0.15) is 0 Å². The molecule has 1 aromatic carbocycles. The van der Waals surface area contributed by atoms with Gasteiger partial charge in [0.05, 0.1) is 0 Å². The summed E-state index contributed by atoms with van der Waals surface area (Å²) < 4.78 is 0. The zero-order valence-electron chi connectivity index (χ0n) is 18.2. The van der Waals surface area contributed by atoms with Crippen LogP contribution in [0, 0.1) is 0 Å². The fraction of sp³-hybridized carbons (Fsp3) is 0.652. The number of hydrogen-bond donors (Lipinski definition) is 3. The number of rotatable bonds is 7. The quantitative estimate of drug-likeness (QED) is 0.628. The molecule has 1 aliphatic carbocycles. The summed E-state index contributed by atoms with van der Waals surface area (Å²) in [4.78, 5) is 22.5. The lowest BCUT2D eigenvalue weighted by atomic mass is 9.73. The summed E-state index contributed by atoms with van der Waals surface area (Å²) in [6.07, 6.45) is 4.82. The first-order valence-corrected chi connectivity index (χ1v) is 10.5. The lowest BCUT2D eigenvalue weighted by Crippen LogP contribution is -2.49. The van der Waals surface area contributed by atoms with Crippen LogP contribution in [-0.2, 0) is 20.5 Å². The van der Waals surface area contributed by atoms with Gasteiger partial charge in [0, 0.05) is 32.0 Å². The Hall–Kier alpha value is -1.88. The standard InChI is InChI=1S/C23H37N3O2/c1-17(27)24-14-7-15-25-23(12-10-21(11-13-23)26-18(2)28)20-9-6-8-19(16-20)22(3,4)5/h6,8-9,16,21,25H,7,10-15H2,1-5H3,(H,24,27)(H,26,28). The van der Waals surface area contributed by atoms with E-state index in [1.807, 2.05) is 0 Å². The molecule has 0 unspecified atom stereocenters. The summed E-state index contributed by atoms with van der Waals surface area (Å²) >= 11 is 0. The molecule has 0 atom stereocenters. The first-order chi connectivity index (χ1) is 13.1. The van der Waals surface area contributed by atoms with Crippen molar-refractivity contribution < 1.29 is 9.59 Å². The SMILES string of the molecule is CC(=O)NCCCNC1(c2cccc(C(C)(C)C)c2)CCC(NC(C)=O)CC1.